The summed E-state index contributed by atoms with van der Waals surface area (Å²) >= 11 is 0. The number of nitrogens with one attached hydrogen (secondary N) is 1. The SMILES string of the molecule is Cl.c1ccc([C@@H]2COCCCN2)cc1. The zero-order valence-electron chi connectivity index (χ0n) is 8.11. The molecule has 3 heteroatoms. The molecule has 1 fully saturated rings. The number of hydrogen-bond donors (Lipinski definition) is 1. The summed E-state index contributed by atoms with van der Waals surface area (Å²) in [6.45, 7) is 2.74. The van der Waals surface area contributed by atoms with Gasteiger partial charge in [0.15, 0.2) is 0 Å². The van der Waals surface area contributed by atoms with Crippen molar-refractivity contribution >= 4 is 12.4 Å². The molecule has 0 unspecified atom stereocenters. The topological polar surface area (TPSA) is 21.3 Å². The van der Waals surface area contributed by atoms with Gasteiger partial charge < -0.3 is 10.1 Å². The summed E-state index contributed by atoms with van der Waals surface area (Å²) in [5.74, 6) is 0. The van der Waals surface area contributed by atoms with Gasteiger partial charge in [0.2, 0.25) is 0 Å². The van der Waals surface area contributed by atoms with Crippen LogP contribution in [0, 0.1) is 0 Å². The Morgan fingerprint density at radius 3 is 2.79 bits per heavy atom. The van der Waals surface area contributed by atoms with Crippen LogP contribution in [-0.4, -0.2) is 19.8 Å². The molecule has 1 aliphatic rings. The van der Waals surface area contributed by atoms with Gasteiger partial charge in [0.25, 0.3) is 0 Å². The largest absolute Gasteiger partial charge is 0.379 e. The maximum Gasteiger partial charge on any atom is 0.0661 e. The summed E-state index contributed by atoms with van der Waals surface area (Å²) in [4.78, 5) is 0. The highest BCUT2D eigenvalue weighted by atomic mass is 35.5. The van der Waals surface area contributed by atoms with Crippen molar-refractivity contribution in [1.82, 2.24) is 5.32 Å². The second-order valence-electron chi connectivity index (χ2n) is 3.35. The van der Waals surface area contributed by atoms with Crippen molar-refractivity contribution in [2.24, 2.45) is 0 Å². The molecule has 14 heavy (non-hydrogen) atoms. The summed E-state index contributed by atoms with van der Waals surface area (Å²) in [7, 11) is 0. The molecule has 0 aliphatic carbocycles. The van der Waals surface area contributed by atoms with E-state index in [1.54, 1.807) is 0 Å². The molecule has 2 rings (SSSR count). The van der Waals surface area contributed by atoms with Gasteiger partial charge in [0, 0.05) is 6.61 Å². The molecule has 0 amide bonds. The van der Waals surface area contributed by atoms with E-state index in [2.05, 4.69) is 29.6 Å². The van der Waals surface area contributed by atoms with Crippen LogP contribution in [0.3, 0.4) is 0 Å². The number of benzene rings is 1. The van der Waals surface area contributed by atoms with E-state index < -0.39 is 0 Å². The molecule has 1 atom stereocenters. The van der Waals surface area contributed by atoms with Gasteiger partial charge in [-0.1, -0.05) is 30.3 Å². The molecular weight excluding hydrogens is 198 g/mol. The minimum Gasteiger partial charge on any atom is -0.379 e. The van der Waals surface area contributed by atoms with E-state index in [9.17, 15) is 0 Å². The lowest BCUT2D eigenvalue weighted by atomic mass is 10.1. The number of hydrogen-bond acceptors (Lipinski definition) is 2. The Bertz CT molecular complexity index is 245. The third-order valence-corrected chi connectivity index (χ3v) is 2.34. The Kier molecular flexibility index (Phi) is 4.94. The van der Waals surface area contributed by atoms with Crippen LogP contribution >= 0.6 is 12.4 Å². The van der Waals surface area contributed by atoms with Crippen molar-refractivity contribution in [3.63, 3.8) is 0 Å². The smallest absolute Gasteiger partial charge is 0.0661 e. The lowest BCUT2D eigenvalue weighted by Gasteiger charge is -2.14. The van der Waals surface area contributed by atoms with Crippen molar-refractivity contribution < 1.29 is 4.74 Å². The summed E-state index contributed by atoms with van der Waals surface area (Å²) < 4.78 is 5.50. The van der Waals surface area contributed by atoms with Crippen molar-refractivity contribution in [2.75, 3.05) is 19.8 Å². The highest BCUT2D eigenvalue weighted by Gasteiger charge is 2.12. The molecule has 78 valence electrons. The molecule has 1 aromatic rings. The van der Waals surface area contributed by atoms with Gasteiger partial charge in [0.05, 0.1) is 12.6 Å². The Morgan fingerprint density at radius 1 is 1.21 bits per heavy atom. The van der Waals surface area contributed by atoms with E-state index in [1.807, 2.05) is 6.07 Å². The van der Waals surface area contributed by atoms with Crippen molar-refractivity contribution in [3.8, 4) is 0 Å². The number of ether oxygens (including phenoxy) is 1. The second-order valence-corrected chi connectivity index (χ2v) is 3.35. The molecular formula is C11H16ClNO. The summed E-state index contributed by atoms with van der Waals surface area (Å²) in [5.41, 5.74) is 1.32. The van der Waals surface area contributed by atoms with Gasteiger partial charge in [-0.3, -0.25) is 0 Å². The maximum atomic E-state index is 5.50. The Hall–Kier alpha value is -0.570. The fourth-order valence-corrected chi connectivity index (χ4v) is 1.61. The zero-order chi connectivity index (χ0) is 8.93. The molecule has 0 aromatic heterocycles. The predicted molar refractivity (Wildman–Crippen MR) is 59.9 cm³/mol. The predicted octanol–water partition coefficient (Wildman–Crippen LogP) is 2.16. The van der Waals surface area contributed by atoms with E-state index >= 15 is 0 Å². The van der Waals surface area contributed by atoms with Gasteiger partial charge in [-0.2, -0.15) is 0 Å². The lowest BCUT2D eigenvalue weighted by molar-refractivity contribution is 0.131. The average molecular weight is 214 g/mol. The number of halogens is 1. The van der Waals surface area contributed by atoms with Crippen molar-refractivity contribution in [3.05, 3.63) is 35.9 Å². The van der Waals surface area contributed by atoms with Crippen LogP contribution in [0.25, 0.3) is 0 Å². The van der Waals surface area contributed by atoms with Crippen LogP contribution in [0.2, 0.25) is 0 Å². The minimum absolute atomic E-state index is 0. The first-order valence-corrected chi connectivity index (χ1v) is 4.83. The molecule has 1 N–H and O–H groups in total. The van der Waals surface area contributed by atoms with Crippen LogP contribution in [0.4, 0.5) is 0 Å². The molecule has 1 aliphatic heterocycles. The van der Waals surface area contributed by atoms with Gasteiger partial charge in [-0.05, 0) is 18.5 Å². The fraction of sp³-hybridized carbons (Fsp3) is 0.455. The zero-order valence-corrected chi connectivity index (χ0v) is 8.93. The highest BCUT2D eigenvalue weighted by molar-refractivity contribution is 5.85. The highest BCUT2D eigenvalue weighted by Crippen LogP contribution is 2.14. The van der Waals surface area contributed by atoms with Crippen LogP contribution < -0.4 is 5.32 Å². The normalized spacial score (nSPS) is 22.1. The van der Waals surface area contributed by atoms with E-state index in [0.29, 0.717) is 6.04 Å². The molecule has 1 heterocycles. The first-order valence-electron chi connectivity index (χ1n) is 4.83. The third kappa shape index (κ3) is 2.98. The Labute approximate surface area is 91.1 Å². The van der Waals surface area contributed by atoms with Crippen LogP contribution in [0.5, 0.6) is 0 Å². The van der Waals surface area contributed by atoms with Gasteiger partial charge in [-0.15, -0.1) is 12.4 Å². The first kappa shape index (κ1) is 11.5. The molecule has 0 radical (unpaired) electrons. The first-order chi connectivity index (χ1) is 6.47. The average Bonchev–Trinajstić information content (AvgIpc) is 2.47. The van der Waals surface area contributed by atoms with Gasteiger partial charge in [-0.25, -0.2) is 0 Å². The molecule has 0 spiro atoms. The lowest BCUT2D eigenvalue weighted by Crippen LogP contribution is -2.23. The molecule has 2 nitrogen and oxygen atoms in total. The molecule has 0 saturated carbocycles. The van der Waals surface area contributed by atoms with Crippen molar-refractivity contribution in [2.45, 2.75) is 12.5 Å². The summed E-state index contributed by atoms with van der Waals surface area (Å²) in [6.07, 6.45) is 1.11. The van der Waals surface area contributed by atoms with E-state index in [4.69, 9.17) is 4.74 Å². The standard InChI is InChI=1S/C11H15NO.ClH/c1-2-5-10(6-3-1)11-9-13-8-4-7-12-11;/h1-3,5-6,11-12H,4,7-9H2;1H/t11-;/m0./s1. The Morgan fingerprint density at radius 2 is 2.00 bits per heavy atom. The van der Waals surface area contributed by atoms with E-state index in [-0.39, 0.29) is 12.4 Å². The summed E-state index contributed by atoms with van der Waals surface area (Å²) in [6, 6.07) is 10.9. The van der Waals surface area contributed by atoms with E-state index in [0.717, 1.165) is 26.2 Å². The Balaban J connectivity index is 0.000000980. The maximum absolute atomic E-state index is 5.50. The molecule has 1 saturated heterocycles. The van der Waals surface area contributed by atoms with Crippen molar-refractivity contribution in [1.29, 1.82) is 0 Å². The molecule has 0 bridgehead atoms. The minimum atomic E-state index is 0. The van der Waals surface area contributed by atoms with Crippen LogP contribution in [-0.2, 0) is 4.74 Å². The third-order valence-electron chi connectivity index (χ3n) is 2.34. The van der Waals surface area contributed by atoms with Gasteiger partial charge >= 0.3 is 0 Å². The van der Waals surface area contributed by atoms with E-state index in [1.165, 1.54) is 5.56 Å². The second kappa shape index (κ2) is 6.02. The monoisotopic (exact) mass is 213 g/mol. The van der Waals surface area contributed by atoms with Crippen LogP contribution in [0.1, 0.15) is 18.0 Å². The van der Waals surface area contributed by atoms with Crippen LogP contribution in [0.15, 0.2) is 30.3 Å². The molecule has 1 aromatic carbocycles. The fourth-order valence-electron chi connectivity index (χ4n) is 1.61. The quantitative estimate of drug-likeness (QED) is 0.772. The summed E-state index contributed by atoms with van der Waals surface area (Å²) in [5, 5.41) is 3.47. The number of rotatable bonds is 1. The van der Waals surface area contributed by atoms with Gasteiger partial charge in [0.1, 0.15) is 0 Å².